The van der Waals surface area contributed by atoms with Crippen LogP contribution in [0.4, 0.5) is 21.5 Å². The molecule has 0 amide bonds. The van der Waals surface area contributed by atoms with Crippen LogP contribution in [0.1, 0.15) is 0 Å². The van der Waals surface area contributed by atoms with Crippen molar-refractivity contribution in [1.29, 1.82) is 0 Å². The number of ether oxygens (including phenoxy) is 2. The summed E-state index contributed by atoms with van der Waals surface area (Å²) in [6.45, 7) is 0. The Balaban J connectivity index is 2.36. The summed E-state index contributed by atoms with van der Waals surface area (Å²) < 4.78 is 23.4. The average molecular weight is 262 g/mol. The van der Waals surface area contributed by atoms with Crippen LogP contribution in [-0.4, -0.2) is 14.2 Å². The van der Waals surface area contributed by atoms with Crippen LogP contribution in [0.15, 0.2) is 36.4 Å². The highest BCUT2D eigenvalue weighted by atomic mass is 19.1. The SMILES string of the molecule is COc1cc(F)ccc1Nc1cccc(OC)c1N. The molecule has 0 unspecified atom stereocenters. The second-order valence-corrected chi connectivity index (χ2v) is 3.89. The number of hydrogen-bond donors (Lipinski definition) is 2. The largest absolute Gasteiger partial charge is 0.495 e. The summed E-state index contributed by atoms with van der Waals surface area (Å²) in [5, 5.41) is 3.10. The van der Waals surface area contributed by atoms with E-state index in [0.717, 1.165) is 0 Å². The van der Waals surface area contributed by atoms with E-state index in [0.29, 0.717) is 28.6 Å². The van der Waals surface area contributed by atoms with Gasteiger partial charge in [-0.2, -0.15) is 0 Å². The molecule has 0 spiro atoms. The van der Waals surface area contributed by atoms with Gasteiger partial charge in [-0.05, 0) is 24.3 Å². The average Bonchev–Trinajstić information content (AvgIpc) is 2.42. The van der Waals surface area contributed by atoms with Gasteiger partial charge < -0.3 is 20.5 Å². The molecular weight excluding hydrogens is 247 g/mol. The van der Waals surface area contributed by atoms with E-state index in [1.807, 2.05) is 6.07 Å². The maximum atomic E-state index is 13.1. The Kier molecular flexibility index (Phi) is 3.75. The van der Waals surface area contributed by atoms with Crippen LogP contribution < -0.4 is 20.5 Å². The van der Waals surface area contributed by atoms with Gasteiger partial charge in [-0.3, -0.25) is 0 Å². The molecule has 0 saturated carbocycles. The van der Waals surface area contributed by atoms with Gasteiger partial charge in [-0.25, -0.2) is 4.39 Å². The molecule has 0 radical (unpaired) electrons. The van der Waals surface area contributed by atoms with E-state index in [2.05, 4.69) is 5.32 Å². The van der Waals surface area contributed by atoms with Crippen molar-refractivity contribution in [2.45, 2.75) is 0 Å². The molecule has 100 valence electrons. The summed E-state index contributed by atoms with van der Waals surface area (Å²) in [6.07, 6.45) is 0. The van der Waals surface area contributed by atoms with Crippen molar-refractivity contribution in [2.75, 3.05) is 25.3 Å². The third-order valence-corrected chi connectivity index (χ3v) is 2.72. The standard InChI is InChI=1S/C14H15FN2O2/c1-18-12-5-3-4-11(14(12)16)17-10-7-6-9(15)8-13(10)19-2/h3-8,17H,16H2,1-2H3. The first kappa shape index (κ1) is 13.0. The maximum Gasteiger partial charge on any atom is 0.145 e. The molecule has 0 saturated heterocycles. The van der Waals surface area contributed by atoms with Gasteiger partial charge >= 0.3 is 0 Å². The Morgan fingerprint density at radius 1 is 1.00 bits per heavy atom. The molecule has 0 aliphatic heterocycles. The van der Waals surface area contributed by atoms with Crippen LogP contribution in [0.3, 0.4) is 0 Å². The molecule has 0 bridgehead atoms. The highest BCUT2D eigenvalue weighted by molar-refractivity contribution is 5.79. The van der Waals surface area contributed by atoms with Gasteiger partial charge in [0.15, 0.2) is 0 Å². The van der Waals surface area contributed by atoms with Crippen LogP contribution in [0.5, 0.6) is 11.5 Å². The summed E-state index contributed by atoms with van der Waals surface area (Å²) in [4.78, 5) is 0. The van der Waals surface area contributed by atoms with Crippen LogP contribution in [-0.2, 0) is 0 Å². The molecule has 5 heteroatoms. The summed E-state index contributed by atoms with van der Waals surface area (Å²) >= 11 is 0. The number of halogens is 1. The lowest BCUT2D eigenvalue weighted by Gasteiger charge is -2.14. The van der Waals surface area contributed by atoms with Gasteiger partial charge in [0.25, 0.3) is 0 Å². The second-order valence-electron chi connectivity index (χ2n) is 3.89. The van der Waals surface area contributed by atoms with Crippen LogP contribution >= 0.6 is 0 Å². The minimum Gasteiger partial charge on any atom is -0.495 e. The molecule has 0 aliphatic rings. The molecule has 3 N–H and O–H groups in total. The Morgan fingerprint density at radius 3 is 2.42 bits per heavy atom. The smallest absolute Gasteiger partial charge is 0.145 e. The Bertz CT molecular complexity index is 588. The number of nitrogens with two attached hydrogens (primary N) is 1. The Morgan fingerprint density at radius 2 is 1.74 bits per heavy atom. The summed E-state index contributed by atoms with van der Waals surface area (Å²) in [7, 11) is 3.03. The molecule has 0 aromatic heterocycles. The van der Waals surface area contributed by atoms with Gasteiger partial charge in [-0.1, -0.05) is 6.07 Å². The summed E-state index contributed by atoms with van der Waals surface area (Å²) in [5.41, 5.74) is 7.74. The van der Waals surface area contributed by atoms with E-state index in [9.17, 15) is 4.39 Å². The van der Waals surface area contributed by atoms with Gasteiger partial charge in [0.1, 0.15) is 17.3 Å². The van der Waals surface area contributed by atoms with E-state index in [-0.39, 0.29) is 5.82 Å². The lowest BCUT2D eigenvalue weighted by atomic mass is 10.2. The number of para-hydroxylation sites is 1. The zero-order valence-corrected chi connectivity index (χ0v) is 10.7. The van der Waals surface area contributed by atoms with Crippen LogP contribution in [0, 0.1) is 5.82 Å². The van der Waals surface area contributed by atoms with Gasteiger partial charge in [0.05, 0.1) is 31.3 Å². The first-order valence-electron chi connectivity index (χ1n) is 5.68. The van der Waals surface area contributed by atoms with Crippen molar-refractivity contribution in [2.24, 2.45) is 0 Å². The molecule has 0 heterocycles. The molecule has 2 aromatic carbocycles. The topological polar surface area (TPSA) is 56.5 Å². The fourth-order valence-corrected chi connectivity index (χ4v) is 1.74. The van der Waals surface area contributed by atoms with Crippen LogP contribution in [0.25, 0.3) is 0 Å². The molecule has 0 aliphatic carbocycles. The molecule has 4 nitrogen and oxygen atoms in total. The number of hydrogen-bond acceptors (Lipinski definition) is 4. The Labute approximate surface area is 111 Å². The molecule has 2 aromatic rings. The van der Waals surface area contributed by atoms with Crippen molar-refractivity contribution in [3.63, 3.8) is 0 Å². The molecule has 0 atom stereocenters. The number of nitrogens with one attached hydrogen (secondary N) is 1. The lowest BCUT2D eigenvalue weighted by Crippen LogP contribution is -2.00. The predicted octanol–water partition coefficient (Wildman–Crippen LogP) is 3.17. The van der Waals surface area contributed by atoms with Gasteiger partial charge in [0, 0.05) is 6.07 Å². The number of rotatable bonds is 4. The molecule has 2 rings (SSSR count). The zero-order chi connectivity index (χ0) is 13.8. The van der Waals surface area contributed by atoms with E-state index < -0.39 is 0 Å². The minimum atomic E-state index is -0.360. The monoisotopic (exact) mass is 262 g/mol. The van der Waals surface area contributed by atoms with E-state index in [4.69, 9.17) is 15.2 Å². The van der Waals surface area contributed by atoms with Crippen molar-refractivity contribution in [1.82, 2.24) is 0 Å². The third-order valence-electron chi connectivity index (χ3n) is 2.72. The quantitative estimate of drug-likeness (QED) is 0.831. The summed E-state index contributed by atoms with van der Waals surface area (Å²) in [5.74, 6) is 0.620. The highest BCUT2D eigenvalue weighted by Crippen LogP contribution is 2.34. The number of nitrogen functional groups attached to an aromatic ring is 1. The van der Waals surface area contributed by atoms with Crippen molar-refractivity contribution < 1.29 is 13.9 Å². The summed E-state index contributed by atoms with van der Waals surface area (Å²) in [6, 6.07) is 9.63. The fraction of sp³-hybridized carbons (Fsp3) is 0.143. The minimum absolute atomic E-state index is 0.360. The van der Waals surface area contributed by atoms with E-state index >= 15 is 0 Å². The lowest BCUT2D eigenvalue weighted by molar-refractivity contribution is 0.413. The van der Waals surface area contributed by atoms with Crippen molar-refractivity contribution >= 4 is 17.1 Å². The fourth-order valence-electron chi connectivity index (χ4n) is 1.74. The van der Waals surface area contributed by atoms with Crippen molar-refractivity contribution in [3.8, 4) is 11.5 Å². The normalized spacial score (nSPS) is 10.1. The van der Waals surface area contributed by atoms with Gasteiger partial charge in [0.2, 0.25) is 0 Å². The first-order valence-corrected chi connectivity index (χ1v) is 5.68. The number of benzene rings is 2. The third kappa shape index (κ3) is 2.70. The second kappa shape index (κ2) is 5.48. The van der Waals surface area contributed by atoms with Crippen LogP contribution in [0.2, 0.25) is 0 Å². The van der Waals surface area contributed by atoms with E-state index in [1.54, 1.807) is 25.3 Å². The highest BCUT2D eigenvalue weighted by Gasteiger charge is 2.09. The zero-order valence-electron chi connectivity index (χ0n) is 10.7. The molecular formula is C14H15FN2O2. The number of methoxy groups -OCH3 is 2. The van der Waals surface area contributed by atoms with E-state index in [1.165, 1.54) is 19.2 Å². The molecule has 19 heavy (non-hydrogen) atoms. The maximum absolute atomic E-state index is 13.1. The number of anilines is 3. The Hall–Kier alpha value is -2.43. The van der Waals surface area contributed by atoms with Gasteiger partial charge in [-0.15, -0.1) is 0 Å². The predicted molar refractivity (Wildman–Crippen MR) is 73.6 cm³/mol. The molecule has 0 fully saturated rings. The van der Waals surface area contributed by atoms with Crippen molar-refractivity contribution in [3.05, 3.63) is 42.2 Å². The first-order chi connectivity index (χ1) is 9.15.